The van der Waals surface area contributed by atoms with Crippen molar-refractivity contribution >= 4 is 0 Å². The Morgan fingerprint density at radius 1 is 1.14 bits per heavy atom. The van der Waals surface area contributed by atoms with Crippen molar-refractivity contribution in [1.82, 2.24) is 10.2 Å². The van der Waals surface area contributed by atoms with Crippen LogP contribution in [0.4, 0.5) is 0 Å². The molecule has 2 heteroatoms. The van der Waals surface area contributed by atoms with Crippen LogP contribution in [0.25, 0.3) is 0 Å². The van der Waals surface area contributed by atoms with E-state index in [1.807, 2.05) is 0 Å². The van der Waals surface area contributed by atoms with Crippen LogP contribution in [-0.4, -0.2) is 36.6 Å². The lowest BCUT2D eigenvalue weighted by atomic mass is 9.82. The van der Waals surface area contributed by atoms with Gasteiger partial charge in [0.05, 0.1) is 0 Å². The molecule has 0 saturated carbocycles. The minimum absolute atomic E-state index is 0.580. The molecule has 2 aliphatic rings. The fraction of sp³-hybridized carbons (Fsp3) is 1.00. The van der Waals surface area contributed by atoms with Crippen LogP contribution >= 0.6 is 0 Å². The van der Waals surface area contributed by atoms with Gasteiger partial charge in [0, 0.05) is 5.54 Å². The third kappa shape index (κ3) is 1.96. The van der Waals surface area contributed by atoms with Crippen LogP contribution in [0.5, 0.6) is 0 Å². The molecule has 0 aromatic heterocycles. The summed E-state index contributed by atoms with van der Waals surface area (Å²) < 4.78 is 0. The zero-order valence-corrected chi connectivity index (χ0v) is 9.52. The van der Waals surface area contributed by atoms with Gasteiger partial charge in [-0.25, -0.2) is 0 Å². The lowest BCUT2D eigenvalue weighted by molar-refractivity contribution is 0.0702. The molecule has 0 aromatic carbocycles. The minimum Gasteiger partial charge on any atom is -0.317 e. The van der Waals surface area contributed by atoms with Gasteiger partial charge in [-0.05, 0) is 58.3 Å². The molecule has 14 heavy (non-hydrogen) atoms. The third-order valence-corrected chi connectivity index (χ3v) is 4.03. The van der Waals surface area contributed by atoms with Crippen LogP contribution < -0.4 is 5.32 Å². The molecular weight excluding hydrogens is 172 g/mol. The van der Waals surface area contributed by atoms with Crippen LogP contribution in [0, 0.1) is 0 Å². The molecule has 2 aliphatic heterocycles. The molecule has 0 unspecified atom stereocenters. The summed E-state index contributed by atoms with van der Waals surface area (Å²) in [6.07, 6.45) is 8.37. The molecule has 0 spiro atoms. The predicted molar refractivity (Wildman–Crippen MR) is 60.5 cm³/mol. The van der Waals surface area contributed by atoms with Gasteiger partial charge >= 0.3 is 0 Å². The van der Waals surface area contributed by atoms with Crippen molar-refractivity contribution in [3.8, 4) is 0 Å². The summed E-state index contributed by atoms with van der Waals surface area (Å²) in [4.78, 5) is 2.79. The van der Waals surface area contributed by atoms with Crippen molar-refractivity contribution in [1.29, 1.82) is 0 Å². The summed E-state index contributed by atoms with van der Waals surface area (Å²) in [6, 6.07) is 0. The lowest BCUT2D eigenvalue weighted by Gasteiger charge is -2.45. The van der Waals surface area contributed by atoms with Gasteiger partial charge in [0.15, 0.2) is 0 Å². The normalized spacial score (nSPS) is 28.1. The highest BCUT2D eigenvalue weighted by Crippen LogP contribution is 2.33. The highest BCUT2D eigenvalue weighted by molar-refractivity contribution is 4.95. The van der Waals surface area contributed by atoms with Gasteiger partial charge < -0.3 is 5.32 Å². The van der Waals surface area contributed by atoms with Gasteiger partial charge in [-0.1, -0.05) is 13.3 Å². The van der Waals surface area contributed by atoms with Crippen molar-refractivity contribution in [2.45, 2.75) is 51.0 Å². The monoisotopic (exact) mass is 196 g/mol. The van der Waals surface area contributed by atoms with Gasteiger partial charge in [-0.3, -0.25) is 4.90 Å². The Balaban J connectivity index is 2.02. The second-order valence-electron chi connectivity index (χ2n) is 4.92. The topological polar surface area (TPSA) is 15.3 Å². The number of rotatable bonds is 3. The SMILES string of the molecule is CCCC1(N2CCCC2)CCNCC1. The number of nitrogens with one attached hydrogen (secondary N) is 1. The van der Waals surface area contributed by atoms with E-state index in [-0.39, 0.29) is 0 Å². The Hall–Kier alpha value is -0.0800. The summed E-state index contributed by atoms with van der Waals surface area (Å²) in [5, 5.41) is 3.49. The lowest BCUT2D eigenvalue weighted by Crippen LogP contribution is -2.53. The Morgan fingerprint density at radius 2 is 1.79 bits per heavy atom. The molecule has 0 amide bonds. The molecule has 2 rings (SSSR count). The second kappa shape index (κ2) is 4.63. The molecule has 2 saturated heterocycles. The van der Waals surface area contributed by atoms with Crippen LogP contribution in [0.1, 0.15) is 45.4 Å². The van der Waals surface area contributed by atoms with Crippen molar-refractivity contribution < 1.29 is 0 Å². The number of piperidine rings is 1. The number of hydrogen-bond donors (Lipinski definition) is 1. The molecule has 2 fully saturated rings. The van der Waals surface area contributed by atoms with Crippen molar-refractivity contribution in [3.63, 3.8) is 0 Å². The molecule has 0 aliphatic carbocycles. The quantitative estimate of drug-likeness (QED) is 0.743. The molecule has 82 valence electrons. The van der Waals surface area contributed by atoms with Gasteiger partial charge in [0.25, 0.3) is 0 Å². The maximum atomic E-state index is 3.49. The average molecular weight is 196 g/mol. The van der Waals surface area contributed by atoms with Gasteiger partial charge in [-0.2, -0.15) is 0 Å². The van der Waals surface area contributed by atoms with E-state index < -0.39 is 0 Å². The smallest absolute Gasteiger partial charge is 0.0233 e. The maximum Gasteiger partial charge on any atom is 0.0233 e. The van der Waals surface area contributed by atoms with E-state index in [1.165, 1.54) is 64.7 Å². The standard InChI is InChI=1S/C12H24N2/c1-2-5-12(6-8-13-9-7-12)14-10-3-4-11-14/h13H,2-11H2,1H3. The Kier molecular flexibility index (Phi) is 3.45. The van der Waals surface area contributed by atoms with Crippen LogP contribution in [0.15, 0.2) is 0 Å². The first-order valence-corrected chi connectivity index (χ1v) is 6.33. The van der Waals surface area contributed by atoms with E-state index >= 15 is 0 Å². The number of hydrogen-bond acceptors (Lipinski definition) is 2. The first kappa shape index (κ1) is 10.4. The minimum atomic E-state index is 0.580. The van der Waals surface area contributed by atoms with E-state index in [4.69, 9.17) is 0 Å². The van der Waals surface area contributed by atoms with Crippen molar-refractivity contribution in [2.75, 3.05) is 26.2 Å². The van der Waals surface area contributed by atoms with Gasteiger partial charge in [0.1, 0.15) is 0 Å². The predicted octanol–water partition coefficient (Wildman–Crippen LogP) is 2.00. The maximum absolute atomic E-state index is 3.49. The molecular formula is C12H24N2. The van der Waals surface area contributed by atoms with E-state index in [9.17, 15) is 0 Å². The number of likely N-dealkylation sites (tertiary alicyclic amines) is 1. The summed E-state index contributed by atoms with van der Waals surface area (Å²) in [5.41, 5.74) is 0.580. The first-order chi connectivity index (χ1) is 6.87. The van der Waals surface area contributed by atoms with Crippen molar-refractivity contribution in [3.05, 3.63) is 0 Å². The highest BCUT2D eigenvalue weighted by atomic mass is 15.2. The largest absolute Gasteiger partial charge is 0.317 e. The van der Waals surface area contributed by atoms with E-state index in [0.29, 0.717) is 5.54 Å². The third-order valence-electron chi connectivity index (χ3n) is 4.03. The molecule has 0 radical (unpaired) electrons. The first-order valence-electron chi connectivity index (χ1n) is 6.33. The molecule has 0 bridgehead atoms. The summed E-state index contributed by atoms with van der Waals surface area (Å²) >= 11 is 0. The second-order valence-corrected chi connectivity index (χ2v) is 4.92. The fourth-order valence-electron chi connectivity index (χ4n) is 3.27. The molecule has 2 heterocycles. The van der Waals surface area contributed by atoms with Gasteiger partial charge in [0.2, 0.25) is 0 Å². The molecule has 0 atom stereocenters. The average Bonchev–Trinajstić information content (AvgIpc) is 2.73. The summed E-state index contributed by atoms with van der Waals surface area (Å²) in [5.74, 6) is 0. The zero-order chi connectivity index (χ0) is 9.86. The zero-order valence-electron chi connectivity index (χ0n) is 9.52. The molecule has 0 aromatic rings. The Labute approximate surface area is 88.1 Å². The fourth-order valence-corrected chi connectivity index (χ4v) is 3.27. The number of nitrogens with zero attached hydrogens (tertiary/aromatic N) is 1. The van der Waals surface area contributed by atoms with Crippen LogP contribution in [0.2, 0.25) is 0 Å². The van der Waals surface area contributed by atoms with Crippen LogP contribution in [-0.2, 0) is 0 Å². The molecule has 2 nitrogen and oxygen atoms in total. The summed E-state index contributed by atoms with van der Waals surface area (Å²) in [7, 11) is 0. The van der Waals surface area contributed by atoms with Crippen LogP contribution in [0.3, 0.4) is 0 Å². The Morgan fingerprint density at radius 3 is 2.36 bits per heavy atom. The highest BCUT2D eigenvalue weighted by Gasteiger charge is 2.37. The Bertz CT molecular complexity index is 162. The van der Waals surface area contributed by atoms with E-state index in [1.54, 1.807) is 0 Å². The summed E-state index contributed by atoms with van der Waals surface area (Å²) in [6.45, 7) is 7.52. The van der Waals surface area contributed by atoms with E-state index in [2.05, 4.69) is 17.1 Å². The van der Waals surface area contributed by atoms with Crippen molar-refractivity contribution in [2.24, 2.45) is 0 Å². The van der Waals surface area contributed by atoms with E-state index in [0.717, 1.165) is 0 Å². The molecule has 1 N–H and O–H groups in total. The van der Waals surface area contributed by atoms with Gasteiger partial charge in [-0.15, -0.1) is 0 Å².